The Morgan fingerprint density at radius 1 is 1.19 bits per heavy atom. The Hall–Kier alpha value is -2.44. The van der Waals surface area contributed by atoms with Gasteiger partial charge in [0.2, 0.25) is 0 Å². The largest absolute Gasteiger partial charge is 0.328 e. The number of thiophene rings is 1. The Kier molecular flexibility index (Phi) is 4.61. The zero-order chi connectivity index (χ0) is 18.1. The van der Waals surface area contributed by atoms with Gasteiger partial charge in [0.05, 0.1) is 16.6 Å². The lowest BCUT2D eigenvalue weighted by molar-refractivity contribution is 0.0492. The Labute approximate surface area is 157 Å². The van der Waals surface area contributed by atoms with Gasteiger partial charge in [0, 0.05) is 24.5 Å². The molecule has 1 amide bonds. The summed E-state index contributed by atoms with van der Waals surface area (Å²) in [5.74, 6) is -0.0114. The molecule has 1 saturated heterocycles. The number of piperazine rings is 1. The zero-order valence-corrected chi connectivity index (χ0v) is 15.8. The fourth-order valence-corrected chi connectivity index (χ4v) is 4.24. The first kappa shape index (κ1) is 17.0. The number of amides is 1. The molecule has 134 valence electrons. The van der Waals surface area contributed by atoms with Crippen molar-refractivity contribution >= 4 is 17.2 Å². The van der Waals surface area contributed by atoms with Gasteiger partial charge in [0.1, 0.15) is 0 Å². The SMILES string of the molecule is Cc1ccc(-c2cc(C(=O)N3CCN(C)C[C@H]3c3ccccc3)n[nH]2)s1. The highest BCUT2D eigenvalue weighted by atomic mass is 32.1. The second-order valence-corrected chi connectivity index (χ2v) is 8.05. The highest BCUT2D eigenvalue weighted by Gasteiger charge is 2.31. The van der Waals surface area contributed by atoms with Crippen LogP contribution in [0.5, 0.6) is 0 Å². The van der Waals surface area contributed by atoms with Crippen LogP contribution in [-0.4, -0.2) is 52.6 Å². The first-order valence-electron chi connectivity index (χ1n) is 8.78. The number of hydrogen-bond donors (Lipinski definition) is 1. The van der Waals surface area contributed by atoms with Gasteiger partial charge >= 0.3 is 0 Å². The molecular formula is C20H22N4OS. The first-order chi connectivity index (χ1) is 12.6. The molecule has 1 N–H and O–H groups in total. The molecule has 26 heavy (non-hydrogen) atoms. The standard InChI is InChI=1S/C20H22N4OS/c1-14-8-9-19(26-14)16-12-17(22-21-16)20(25)24-11-10-23(2)13-18(24)15-6-4-3-5-7-15/h3-9,12,18H,10-11,13H2,1-2H3,(H,21,22)/t18-/m0/s1. The monoisotopic (exact) mass is 366 g/mol. The van der Waals surface area contributed by atoms with Crippen molar-refractivity contribution in [2.45, 2.75) is 13.0 Å². The fraction of sp³-hybridized carbons (Fsp3) is 0.300. The number of hydrogen-bond acceptors (Lipinski definition) is 4. The van der Waals surface area contributed by atoms with E-state index in [4.69, 9.17) is 0 Å². The molecule has 1 fully saturated rings. The second-order valence-electron chi connectivity index (χ2n) is 6.76. The zero-order valence-electron chi connectivity index (χ0n) is 15.0. The van der Waals surface area contributed by atoms with E-state index >= 15 is 0 Å². The van der Waals surface area contributed by atoms with Crippen molar-refractivity contribution in [1.29, 1.82) is 0 Å². The number of benzene rings is 1. The molecular weight excluding hydrogens is 344 g/mol. The van der Waals surface area contributed by atoms with Crippen LogP contribution in [0.4, 0.5) is 0 Å². The van der Waals surface area contributed by atoms with Crippen LogP contribution in [0.15, 0.2) is 48.5 Å². The van der Waals surface area contributed by atoms with E-state index < -0.39 is 0 Å². The van der Waals surface area contributed by atoms with Crippen LogP contribution in [0, 0.1) is 6.92 Å². The second kappa shape index (κ2) is 7.05. The van der Waals surface area contributed by atoms with Crippen molar-refractivity contribution < 1.29 is 4.79 Å². The number of H-pyrrole nitrogens is 1. The van der Waals surface area contributed by atoms with Gasteiger partial charge in [-0.25, -0.2) is 0 Å². The van der Waals surface area contributed by atoms with Crippen molar-refractivity contribution in [2.75, 3.05) is 26.7 Å². The van der Waals surface area contributed by atoms with Gasteiger partial charge in [-0.15, -0.1) is 11.3 Å². The lowest BCUT2D eigenvalue weighted by Gasteiger charge is -2.40. The average Bonchev–Trinajstić information content (AvgIpc) is 3.31. The summed E-state index contributed by atoms with van der Waals surface area (Å²) in [5, 5.41) is 7.32. The number of aryl methyl sites for hydroxylation is 1. The van der Waals surface area contributed by atoms with Crippen LogP contribution in [-0.2, 0) is 0 Å². The highest BCUT2D eigenvalue weighted by Crippen LogP contribution is 2.29. The average molecular weight is 366 g/mol. The summed E-state index contributed by atoms with van der Waals surface area (Å²) >= 11 is 1.70. The molecule has 1 aliphatic rings. The molecule has 0 bridgehead atoms. The third-order valence-electron chi connectivity index (χ3n) is 4.83. The molecule has 3 aromatic rings. The van der Waals surface area contributed by atoms with Crippen LogP contribution >= 0.6 is 11.3 Å². The van der Waals surface area contributed by atoms with Crippen LogP contribution in [0.25, 0.3) is 10.6 Å². The van der Waals surface area contributed by atoms with E-state index in [9.17, 15) is 4.79 Å². The number of nitrogens with one attached hydrogen (secondary N) is 1. The number of aromatic amines is 1. The molecule has 0 saturated carbocycles. The van der Waals surface area contributed by atoms with Crippen LogP contribution in [0.3, 0.4) is 0 Å². The molecule has 0 spiro atoms. The van der Waals surface area contributed by atoms with Crippen molar-refractivity contribution in [2.24, 2.45) is 0 Å². The van der Waals surface area contributed by atoms with Gasteiger partial charge in [-0.1, -0.05) is 30.3 Å². The van der Waals surface area contributed by atoms with E-state index in [0.717, 1.165) is 29.2 Å². The molecule has 5 nitrogen and oxygen atoms in total. The molecule has 0 unspecified atom stereocenters. The minimum Gasteiger partial charge on any atom is -0.328 e. The first-order valence-corrected chi connectivity index (χ1v) is 9.60. The lowest BCUT2D eigenvalue weighted by atomic mass is 10.0. The van der Waals surface area contributed by atoms with Crippen LogP contribution in [0.1, 0.15) is 27.0 Å². The fourth-order valence-electron chi connectivity index (χ4n) is 3.41. The smallest absolute Gasteiger partial charge is 0.274 e. The number of aromatic nitrogens is 2. The molecule has 0 aliphatic carbocycles. The summed E-state index contributed by atoms with van der Waals surface area (Å²) < 4.78 is 0. The maximum Gasteiger partial charge on any atom is 0.274 e. The van der Waals surface area contributed by atoms with Crippen molar-refractivity contribution in [1.82, 2.24) is 20.0 Å². The quantitative estimate of drug-likeness (QED) is 0.771. The predicted octanol–water partition coefficient (Wildman–Crippen LogP) is 3.58. The van der Waals surface area contributed by atoms with Crippen molar-refractivity contribution in [3.05, 3.63) is 64.7 Å². The number of likely N-dealkylation sites (N-methyl/N-ethyl adjacent to an activating group) is 1. The van der Waals surface area contributed by atoms with Gasteiger partial charge in [-0.2, -0.15) is 5.10 Å². The Bertz CT molecular complexity index is 901. The summed E-state index contributed by atoms with van der Waals surface area (Å²) in [5.41, 5.74) is 2.55. The van der Waals surface area contributed by atoms with E-state index in [2.05, 4.69) is 53.3 Å². The molecule has 1 atom stereocenters. The molecule has 1 aromatic carbocycles. The van der Waals surface area contributed by atoms with Gasteiger partial charge in [-0.3, -0.25) is 9.89 Å². The normalized spacial score (nSPS) is 18.2. The number of carbonyl (C=O) groups excluding carboxylic acids is 1. The van der Waals surface area contributed by atoms with Crippen LogP contribution in [0.2, 0.25) is 0 Å². The third-order valence-corrected chi connectivity index (χ3v) is 5.87. The molecule has 1 aliphatic heterocycles. The summed E-state index contributed by atoms with van der Waals surface area (Å²) in [6, 6.07) is 16.3. The van der Waals surface area contributed by atoms with Crippen molar-refractivity contribution in [3.8, 4) is 10.6 Å². The summed E-state index contributed by atoms with van der Waals surface area (Å²) in [4.78, 5) is 19.7. The highest BCUT2D eigenvalue weighted by molar-refractivity contribution is 7.15. The minimum atomic E-state index is -0.0114. The van der Waals surface area contributed by atoms with E-state index in [1.165, 1.54) is 4.88 Å². The maximum atomic E-state index is 13.2. The summed E-state index contributed by atoms with van der Waals surface area (Å²) in [6.45, 7) is 4.48. The Balaban J connectivity index is 1.61. The summed E-state index contributed by atoms with van der Waals surface area (Å²) in [7, 11) is 2.10. The molecule has 6 heteroatoms. The van der Waals surface area contributed by atoms with Gasteiger partial charge in [-0.05, 0) is 37.7 Å². The Morgan fingerprint density at radius 3 is 2.73 bits per heavy atom. The number of rotatable bonds is 3. The predicted molar refractivity (Wildman–Crippen MR) is 104 cm³/mol. The van der Waals surface area contributed by atoms with Crippen LogP contribution < -0.4 is 0 Å². The summed E-state index contributed by atoms with van der Waals surface area (Å²) in [6.07, 6.45) is 0. The molecule has 2 aromatic heterocycles. The van der Waals surface area contributed by atoms with E-state index in [1.54, 1.807) is 11.3 Å². The Morgan fingerprint density at radius 2 is 2.00 bits per heavy atom. The minimum absolute atomic E-state index is 0.0114. The van der Waals surface area contributed by atoms with Gasteiger partial charge < -0.3 is 9.80 Å². The number of carbonyl (C=O) groups is 1. The molecule has 4 rings (SSSR count). The van der Waals surface area contributed by atoms with E-state index in [-0.39, 0.29) is 11.9 Å². The maximum absolute atomic E-state index is 13.2. The van der Waals surface area contributed by atoms with E-state index in [0.29, 0.717) is 12.2 Å². The van der Waals surface area contributed by atoms with Gasteiger partial charge in [0.25, 0.3) is 5.91 Å². The van der Waals surface area contributed by atoms with Gasteiger partial charge in [0.15, 0.2) is 5.69 Å². The topological polar surface area (TPSA) is 52.2 Å². The third kappa shape index (κ3) is 3.30. The molecule has 3 heterocycles. The van der Waals surface area contributed by atoms with E-state index in [1.807, 2.05) is 29.2 Å². The number of nitrogens with zero attached hydrogens (tertiary/aromatic N) is 3. The lowest BCUT2D eigenvalue weighted by Crippen LogP contribution is -2.49. The molecule has 0 radical (unpaired) electrons. The van der Waals surface area contributed by atoms with Crippen molar-refractivity contribution in [3.63, 3.8) is 0 Å².